The zero-order valence-corrected chi connectivity index (χ0v) is 6.45. The number of nitrogens with two attached hydrogens (primary N) is 1. The second-order valence-electron chi connectivity index (χ2n) is 2.03. The van der Waals surface area contributed by atoms with Crippen LogP contribution in [0.1, 0.15) is 26.2 Å². The van der Waals surface area contributed by atoms with Gasteiger partial charge in [-0.1, -0.05) is 19.8 Å². The van der Waals surface area contributed by atoms with Crippen LogP contribution in [0.3, 0.4) is 0 Å². The molecule has 3 nitrogen and oxygen atoms in total. The smallest absolute Gasteiger partial charge is 0.111 e. The van der Waals surface area contributed by atoms with Crippen LogP contribution < -0.4 is 5.73 Å². The van der Waals surface area contributed by atoms with Gasteiger partial charge in [-0.15, -0.1) is 0 Å². The van der Waals surface area contributed by atoms with Crippen molar-refractivity contribution in [2.75, 3.05) is 6.54 Å². The number of unbranched alkanes of at least 4 members (excludes halogenated alkanes) is 2. The van der Waals surface area contributed by atoms with Crippen LogP contribution in [-0.4, -0.2) is 19.2 Å². The molecule has 0 fully saturated rings. The van der Waals surface area contributed by atoms with Gasteiger partial charge in [0.25, 0.3) is 0 Å². The van der Waals surface area contributed by atoms with E-state index in [1.165, 1.54) is 25.5 Å². The summed E-state index contributed by atoms with van der Waals surface area (Å²) in [6.07, 6.45) is 6.35. The molecule has 0 aromatic carbocycles. The summed E-state index contributed by atoms with van der Waals surface area (Å²) in [7, 11) is 0. The summed E-state index contributed by atoms with van der Waals surface area (Å²) < 4.78 is 0. The van der Waals surface area contributed by atoms with Crippen LogP contribution in [0.15, 0.2) is 9.98 Å². The predicted octanol–water partition coefficient (Wildman–Crippen LogP) is 1.19. The highest BCUT2D eigenvalue weighted by Crippen LogP contribution is 1.92. The van der Waals surface area contributed by atoms with E-state index in [1.807, 2.05) is 0 Å². The molecule has 0 aliphatic carbocycles. The van der Waals surface area contributed by atoms with Crippen LogP contribution in [0.4, 0.5) is 0 Å². The summed E-state index contributed by atoms with van der Waals surface area (Å²) in [5.41, 5.74) is 4.99. The van der Waals surface area contributed by atoms with Crippen LogP contribution >= 0.6 is 0 Å². The second-order valence-corrected chi connectivity index (χ2v) is 2.03. The van der Waals surface area contributed by atoms with E-state index in [9.17, 15) is 0 Å². The topological polar surface area (TPSA) is 50.7 Å². The summed E-state index contributed by atoms with van der Waals surface area (Å²) >= 11 is 0. The van der Waals surface area contributed by atoms with Gasteiger partial charge in [-0.25, -0.2) is 4.99 Å². The minimum absolute atomic E-state index is 0.866. The van der Waals surface area contributed by atoms with E-state index in [2.05, 4.69) is 16.9 Å². The summed E-state index contributed by atoms with van der Waals surface area (Å²) in [5.74, 6) is 0. The third kappa shape index (κ3) is 7.14. The quantitative estimate of drug-likeness (QED) is 0.349. The van der Waals surface area contributed by atoms with E-state index in [-0.39, 0.29) is 0 Å². The van der Waals surface area contributed by atoms with Crippen molar-refractivity contribution < 1.29 is 0 Å². The Morgan fingerprint density at radius 3 is 2.80 bits per heavy atom. The fourth-order valence-corrected chi connectivity index (χ4v) is 0.596. The lowest BCUT2D eigenvalue weighted by molar-refractivity contribution is 0.729. The molecule has 0 aliphatic heterocycles. The largest absolute Gasteiger partial charge is 0.390 e. The van der Waals surface area contributed by atoms with E-state index < -0.39 is 0 Å². The van der Waals surface area contributed by atoms with Crippen molar-refractivity contribution in [3.05, 3.63) is 0 Å². The highest BCUT2D eigenvalue weighted by molar-refractivity contribution is 5.69. The standard InChI is InChI=1S/C7H15N3/c1-2-3-4-5-9-7-10-6-8/h6-7H,2-5H2,1H3,(H2,8,9,10). The van der Waals surface area contributed by atoms with Crippen LogP contribution in [0.25, 0.3) is 0 Å². The number of aliphatic imine (C=N–C) groups is 2. The van der Waals surface area contributed by atoms with Crippen LogP contribution in [0.5, 0.6) is 0 Å². The molecular weight excluding hydrogens is 126 g/mol. The van der Waals surface area contributed by atoms with Crippen LogP contribution in [0, 0.1) is 0 Å². The van der Waals surface area contributed by atoms with Crippen molar-refractivity contribution in [3.8, 4) is 0 Å². The minimum atomic E-state index is 0.866. The zero-order chi connectivity index (χ0) is 7.66. The molecule has 0 amide bonds. The number of rotatable bonds is 5. The highest BCUT2D eigenvalue weighted by atomic mass is 14.9. The van der Waals surface area contributed by atoms with Crippen molar-refractivity contribution in [2.24, 2.45) is 15.7 Å². The molecule has 58 valence electrons. The van der Waals surface area contributed by atoms with Gasteiger partial charge in [0, 0.05) is 6.54 Å². The van der Waals surface area contributed by atoms with Crippen molar-refractivity contribution in [1.29, 1.82) is 0 Å². The Morgan fingerprint density at radius 1 is 1.40 bits per heavy atom. The van der Waals surface area contributed by atoms with Gasteiger partial charge >= 0.3 is 0 Å². The van der Waals surface area contributed by atoms with Crippen molar-refractivity contribution in [1.82, 2.24) is 0 Å². The van der Waals surface area contributed by atoms with Gasteiger partial charge in [-0.05, 0) is 6.42 Å². The third-order valence-electron chi connectivity index (χ3n) is 1.13. The molecule has 10 heavy (non-hydrogen) atoms. The van der Waals surface area contributed by atoms with E-state index in [4.69, 9.17) is 5.73 Å². The Kier molecular flexibility index (Phi) is 7.44. The van der Waals surface area contributed by atoms with Gasteiger partial charge in [0.15, 0.2) is 0 Å². The molecule has 0 aromatic heterocycles. The van der Waals surface area contributed by atoms with Crippen LogP contribution in [0.2, 0.25) is 0 Å². The molecule has 0 atom stereocenters. The second kappa shape index (κ2) is 8.14. The lowest BCUT2D eigenvalue weighted by Crippen LogP contribution is -1.88. The molecule has 0 heterocycles. The summed E-state index contributed by atoms with van der Waals surface area (Å²) in [6, 6.07) is 0. The molecular formula is C7H15N3. The van der Waals surface area contributed by atoms with Crippen molar-refractivity contribution in [2.45, 2.75) is 26.2 Å². The van der Waals surface area contributed by atoms with Crippen molar-refractivity contribution in [3.63, 3.8) is 0 Å². The minimum Gasteiger partial charge on any atom is -0.390 e. The van der Waals surface area contributed by atoms with Gasteiger partial charge in [0.1, 0.15) is 6.34 Å². The summed E-state index contributed by atoms with van der Waals surface area (Å²) in [6.45, 7) is 3.03. The molecule has 0 bridgehead atoms. The summed E-state index contributed by atoms with van der Waals surface area (Å²) in [4.78, 5) is 7.63. The Balaban J connectivity index is 3.02. The Labute approximate surface area is 62.1 Å². The summed E-state index contributed by atoms with van der Waals surface area (Å²) in [5, 5.41) is 0. The first kappa shape index (κ1) is 9.14. The molecule has 0 saturated carbocycles. The average molecular weight is 141 g/mol. The molecule has 0 spiro atoms. The zero-order valence-electron chi connectivity index (χ0n) is 6.45. The maximum atomic E-state index is 4.99. The molecule has 3 heteroatoms. The van der Waals surface area contributed by atoms with Gasteiger partial charge in [0.05, 0.1) is 6.34 Å². The first-order chi connectivity index (χ1) is 4.91. The molecule has 2 N–H and O–H groups in total. The SMILES string of the molecule is CCCCCN=CN=CN. The number of hydrogen-bond acceptors (Lipinski definition) is 1. The molecule has 0 radical (unpaired) electrons. The number of hydrogen-bond donors (Lipinski definition) is 1. The monoisotopic (exact) mass is 141 g/mol. The predicted molar refractivity (Wildman–Crippen MR) is 45.6 cm³/mol. The maximum absolute atomic E-state index is 4.99. The molecule has 0 unspecified atom stereocenters. The Morgan fingerprint density at radius 2 is 2.20 bits per heavy atom. The molecule has 0 saturated heterocycles. The van der Waals surface area contributed by atoms with E-state index in [0.717, 1.165) is 13.0 Å². The molecule has 0 aliphatic rings. The van der Waals surface area contributed by atoms with Gasteiger partial charge in [-0.3, -0.25) is 4.99 Å². The lowest BCUT2D eigenvalue weighted by atomic mass is 10.2. The lowest BCUT2D eigenvalue weighted by Gasteiger charge is -1.89. The molecule has 0 aromatic rings. The first-order valence-corrected chi connectivity index (χ1v) is 3.63. The van der Waals surface area contributed by atoms with E-state index in [0.29, 0.717) is 0 Å². The third-order valence-corrected chi connectivity index (χ3v) is 1.13. The Hall–Kier alpha value is -0.860. The van der Waals surface area contributed by atoms with Gasteiger partial charge in [0.2, 0.25) is 0 Å². The fourth-order valence-electron chi connectivity index (χ4n) is 0.596. The van der Waals surface area contributed by atoms with Gasteiger partial charge < -0.3 is 5.73 Å². The van der Waals surface area contributed by atoms with Crippen molar-refractivity contribution >= 4 is 12.7 Å². The Bertz CT molecular complexity index is 107. The van der Waals surface area contributed by atoms with E-state index in [1.54, 1.807) is 0 Å². The number of nitrogens with zero attached hydrogens (tertiary/aromatic N) is 2. The average Bonchev–Trinajstić information content (AvgIpc) is 1.97. The fraction of sp³-hybridized carbons (Fsp3) is 0.714. The highest BCUT2D eigenvalue weighted by Gasteiger charge is 1.79. The van der Waals surface area contributed by atoms with Crippen LogP contribution in [-0.2, 0) is 0 Å². The first-order valence-electron chi connectivity index (χ1n) is 3.63. The van der Waals surface area contributed by atoms with Gasteiger partial charge in [-0.2, -0.15) is 0 Å². The maximum Gasteiger partial charge on any atom is 0.111 e. The normalized spacial score (nSPS) is 11.7. The van der Waals surface area contributed by atoms with E-state index >= 15 is 0 Å². The molecule has 0 rings (SSSR count).